The summed E-state index contributed by atoms with van der Waals surface area (Å²) in [5, 5.41) is 0.650. The molecule has 5 nitrogen and oxygen atoms in total. The van der Waals surface area contributed by atoms with Gasteiger partial charge < -0.3 is 14.6 Å². The van der Waals surface area contributed by atoms with Crippen LogP contribution in [0.1, 0.15) is 24.3 Å². The Morgan fingerprint density at radius 3 is 2.77 bits per heavy atom. The zero-order valence-corrected chi connectivity index (χ0v) is 15.1. The lowest BCUT2D eigenvalue weighted by molar-refractivity contribution is -0.134. The summed E-state index contributed by atoms with van der Waals surface area (Å²) in [7, 11) is 0. The van der Waals surface area contributed by atoms with Crippen LogP contribution in [0.5, 0.6) is 5.75 Å². The van der Waals surface area contributed by atoms with E-state index in [9.17, 15) is 4.79 Å². The van der Waals surface area contributed by atoms with E-state index in [0.717, 1.165) is 37.0 Å². The molecular formula is C20H20ClN3O2. The van der Waals surface area contributed by atoms with Crippen LogP contribution in [0.25, 0.3) is 11.0 Å². The van der Waals surface area contributed by atoms with Crippen molar-refractivity contribution >= 4 is 28.5 Å². The number of nitrogens with one attached hydrogen (secondary N) is 1. The Balaban J connectivity index is 1.33. The minimum atomic E-state index is 0.0236. The van der Waals surface area contributed by atoms with Crippen molar-refractivity contribution in [1.29, 1.82) is 0 Å². The number of likely N-dealkylation sites (tertiary alicyclic amines) is 1. The Morgan fingerprint density at radius 1 is 1.23 bits per heavy atom. The number of carbonyl (C=O) groups excluding carboxylic acids is 1. The van der Waals surface area contributed by atoms with Crippen LogP contribution in [0.15, 0.2) is 48.8 Å². The molecule has 1 fully saturated rings. The number of fused-ring (bicyclic) bond motifs is 1. The molecule has 1 aliphatic rings. The average Bonchev–Trinajstić information content (AvgIpc) is 3.11. The standard InChI is InChI=1S/C20H20ClN3O2/c21-15-3-5-16(6-4-15)26-13-19(25)24-10-7-14(8-11-24)17-12-23-18-2-1-9-22-20(17)18/h1-6,9,12,14,23H,7-8,10-11,13H2. The van der Waals surface area contributed by atoms with Gasteiger partial charge in [-0.3, -0.25) is 9.78 Å². The number of piperidine rings is 1. The smallest absolute Gasteiger partial charge is 0.260 e. The summed E-state index contributed by atoms with van der Waals surface area (Å²) in [6, 6.07) is 11.0. The van der Waals surface area contributed by atoms with Crippen molar-refractivity contribution in [3.63, 3.8) is 0 Å². The summed E-state index contributed by atoms with van der Waals surface area (Å²) in [4.78, 5) is 22.1. The second kappa shape index (κ2) is 7.38. The lowest BCUT2D eigenvalue weighted by atomic mass is 9.90. The molecule has 26 heavy (non-hydrogen) atoms. The van der Waals surface area contributed by atoms with E-state index in [1.807, 2.05) is 23.2 Å². The Bertz CT molecular complexity index is 899. The number of hydrogen-bond acceptors (Lipinski definition) is 3. The van der Waals surface area contributed by atoms with Gasteiger partial charge in [-0.15, -0.1) is 0 Å². The molecule has 3 heterocycles. The van der Waals surface area contributed by atoms with Gasteiger partial charge in [0.15, 0.2) is 6.61 Å². The molecule has 1 aliphatic heterocycles. The van der Waals surface area contributed by atoms with E-state index in [2.05, 4.69) is 16.2 Å². The van der Waals surface area contributed by atoms with Crippen LogP contribution < -0.4 is 4.74 Å². The fourth-order valence-electron chi connectivity index (χ4n) is 3.49. The number of aromatic amines is 1. The summed E-state index contributed by atoms with van der Waals surface area (Å²) in [6.07, 6.45) is 5.77. The predicted octanol–water partition coefficient (Wildman–Crippen LogP) is 4.00. The van der Waals surface area contributed by atoms with Crippen molar-refractivity contribution in [2.75, 3.05) is 19.7 Å². The lowest BCUT2D eigenvalue weighted by Crippen LogP contribution is -2.40. The zero-order chi connectivity index (χ0) is 17.9. The highest BCUT2D eigenvalue weighted by Gasteiger charge is 2.26. The Kier molecular flexibility index (Phi) is 4.80. The van der Waals surface area contributed by atoms with Gasteiger partial charge in [0.05, 0.1) is 11.0 Å². The van der Waals surface area contributed by atoms with Gasteiger partial charge >= 0.3 is 0 Å². The number of benzene rings is 1. The van der Waals surface area contributed by atoms with E-state index in [-0.39, 0.29) is 12.5 Å². The third kappa shape index (κ3) is 3.53. The molecular weight excluding hydrogens is 350 g/mol. The molecule has 1 aromatic carbocycles. The van der Waals surface area contributed by atoms with Gasteiger partial charge in [0, 0.05) is 30.5 Å². The Morgan fingerprint density at radius 2 is 2.00 bits per heavy atom. The van der Waals surface area contributed by atoms with E-state index in [0.29, 0.717) is 16.7 Å². The van der Waals surface area contributed by atoms with Crippen LogP contribution in [-0.4, -0.2) is 40.5 Å². The molecule has 0 atom stereocenters. The second-order valence-corrected chi connectivity index (χ2v) is 6.98. The normalized spacial score (nSPS) is 15.3. The number of nitrogens with zero attached hydrogens (tertiary/aromatic N) is 2. The number of H-pyrrole nitrogens is 1. The second-order valence-electron chi connectivity index (χ2n) is 6.54. The number of pyridine rings is 1. The van der Waals surface area contributed by atoms with E-state index in [1.54, 1.807) is 24.3 Å². The molecule has 134 valence electrons. The molecule has 1 saturated heterocycles. The molecule has 1 amide bonds. The van der Waals surface area contributed by atoms with Gasteiger partial charge in [-0.25, -0.2) is 0 Å². The van der Waals surface area contributed by atoms with Gasteiger partial charge in [-0.1, -0.05) is 11.6 Å². The highest BCUT2D eigenvalue weighted by atomic mass is 35.5. The first kappa shape index (κ1) is 16.9. The van der Waals surface area contributed by atoms with Crippen molar-refractivity contribution in [3.05, 3.63) is 59.4 Å². The molecule has 0 radical (unpaired) electrons. The van der Waals surface area contributed by atoms with E-state index >= 15 is 0 Å². The molecule has 2 aromatic heterocycles. The van der Waals surface area contributed by atoms with Crippen LogP contribution in [0, 0.1) is 0 Å². The number of carbonyl (C=O) groups is 1. The summed E-state index contributed by atoms with van der Waals surface area (Å²) < 4.78 is 5.57. The number of aromatic nitrogens is 2. The average molecular weight is 370 g/mol. The summed E-state index contributed by atoms with van der Waals surface area (Å²) in [5.41, 5.74) is 3.37. The fraction of sp³-hybridized carbons (Fsp3) is 0.300. The molecule has 3 aromatic rings. The summed E-state index contributed by atoms with van der Waals surface area (Å²) in [6.45, 7) is 1.54. The van der Waals surface area contributed by atoms with E-state index in [1.165, 1.54) is 5.56 Å². The quantitative estimate of drug-likeness (QED) is 0.756. The number of amides is 1. The highest BCUT2D eigenvalue weighted by Crippen LogP contribution is 2.32. The molecule has 0 aliphatic carbocycles. The van der Waals surface area contributed by atoms with Crippen LogP contribution in [0.3, 0.4) is 0 Å². The minimum Gasteiger partial charge on any atom is -0.484 e. The van der Waals surface area contributed by atoms with Gasteiger partial charge in [0.2, 0.25) is 0 Å². The largest absolute Gasteiger partial charge is 0.484 e. The first-order valence-electron chi connectivity index (χ1n) is 8.79. The van der Waals surface area contributed by atoms with Crippen molar-refractivity contribution in [2.45, 2.75) is 18.8 Å². The zero-order valence-electron chi connectivity index (χ0n) is 14.3. The molecule has 0 saturated carbocycles. The number of hydrogen-bond donors (Lipinski definition) is 1. The monoisotopic (exact) mass is 369 g/mol. The first-order valence-corrected chi connectivity index (χ1v) is 9.16. The third-order valence-electron chi connectivity index (χ3n) is 4.93. The maximum Gasteiger partial charge on any atom is 0.260 e. The Labute approximate surface area is 156 Å². The van der Waals surface area contributed by atoms with Crippen LogP contribution >= 0.6 is 11.6 Å². The lowest BCUT2D eigenvalue weighted by Gasteiger charge is -2.31. The fourth-order valence-corrected chi connectivity index (χ4v) is 3.62. The number of ether oxygens (including phenoxy) is 1. The van der Waals surface area contributed by atoms with Gasteiger partial charge in [0.25, 0.3) is 5.91 Å². The summed E-state index contributed by atoms with van der Waals surface area (Å²) in [5.74, 6) is 1.11. The van der Waals surface area contributed by atoms with Crippen molar-refractivity contribution in [2.24, 2.45) is 0 Å². The van der Waals surface area contributed by atoms with E-state index < -0.39 is 0 Å². The van der Waals surface area contributed by atoms with Gasteiger partial charge in [-0.05, 0) is 60.7 Å². The van der Waals surface area contributed by atoms with Crippen LogP contribution in [-0.2, 0) is 4.79 Å². The molecule has 0 bridgehead atoms. The maximum absolute atomic E-state index is 12.4. The SMILES string of the molecule is O=C(COc1ccc(Cl)cc1)N1CCC(c2c[nH]c3cccnc23)CC1. The van der Waals surface area contributed by atoms with Crippen LogP contribution in [0.2, 0.25) is 5.02 Å². The predicted molar refractivity (Wildman–Crippen MR) is 102 cm³/mol. The Hall–Kier alpha value is -2.53. The molecule has 4 rings (SSSR count). The number of rotatable bonds is 4. The van der Waals surface area contributed by atoms with E-state index in [4.69, 9.17) is 16.3 Å². The van der Waals surface area contributed by atoms with Crippen LogP contribution in [0.4, 0.5) is 0 Å². The van der Waals surface area contributed by atoms with Gasteiger partial charge in [0.1, 0.15) is 5.75 Å². The third-order valence-corrected chi connectivity index (χ3v) is 5.18. The summed E-state index contributed by atoms with van der Waals surface area (Å²) >= 11 is 5.85. The topological polar surface area (TPSA) is 58.2 Å². The molecule has 0 unspecified atom stereocenters. The van der Waals surface area contributed by atoms with Crippen molar-refractivity contribution < 1.29 is 9.53 Å². The minimum absolute atomic E-state index is 0.0236. The van der Waals surface area contributed by atoms with Crippen molar-refractivity contribution in [3.8, 4) is 5.75 Å². The highest BCUT2D eigenvalue weighted by molar-refractivity contribution is 6.30. The number of halogens is 1. The first-order chi connectivity index (χ1) is 12.7. The maximum atomic E-state index is 12.4. The molecule has 1 N–H and O–H groups in total. The van der Waals surface area contributed by atoms with Crippen molar-refractivity contribution in [1.82, 2.24) is 14.9 Å². The van der Waals surface area contributed by atoms with Gasteiger partial charge in [-0.2, -0.15) is 0 Å². The molecule has 6 heteroatoms. The molecule has 0 spiro atoms.